The van der Waals surface area contributed by atoms with Crippen LogP contribution in [0.2, 0.25) is 0 Å². The summed E-state index contributed by atoms with van der Waals surface area (Å²) in [4.78, 5) is 18.0. The van der Waals surface area contributed by atoms with Gasteiger partial charge in [0.15, 0.2) is 0 Å². The van der Waals surface area contributed by atoms with Crippen molar-refractivity contribution in [3.63, 3.8) is 0 Å². The predicted molar refractivity (Wildman–Crippen MR) is 86.4 cm³/mol. The highest BCUT2D eigenvalue weighted by Crippen LogP contribution is 2.37. The molecule has 0 saturated heterocycles. The predicted octanol–water partition coefficient (Wildman–Crippen LogP) is 4.21. The van der Waals surface area contributed by atoms with E-state index in [0.717, 1.165) is 29.3 Å². The molecule has 0 radical (unpaired) electrons. The number of carbonyl (C=O) groups excluding carboxylic acids is 1. The normalized spacial score (nSPS) is 18.8. The molecule has 0 bridgehead atoms. The first-order valence-electron chi connectivity index (χ1n) is 7.81. The zero-order valence-corrected chi connectivity index (χ0v) is 13.1. The maximum atomic E-state index is 12.8. The van der Waals surface area contributed by atoms with Gasteiger partial charge in [-0.15, -0.1) is 0 Å². The standard InChI is InChI=1S/C18H24N2O/c1-18(2)10-7-13(8-11-18)20(3)17(21)15-5-4-6-16-14(15)9-12-19-16/h4-6,9,12-13,19H,7-8,10-11H2,1-3H3. The molecule has 0 aliphatic heterocycles. The monoisotopic (exact) mass is 284 g/mol. The van der Waals surface area contributed by atoms with Crippen LogP contribution in [-0.4, -0.2) is 28.9 Å². The highest BCUT2D eigenvalue weighted by Gasteiger charge is 2.31. The lowest BCUT2D eigenvalue weighted by molar-refractivity contribution is 0.0637. The summed E-state index contributed by atoms with van der Waals surface area (Å²) in [5.41, 5.74) is 2.27. The summed E-state index contributed by atoms with van der Waals surface area (Å²) < 4.78 is 0. The largest absolute Gasteiger partial charge is 0.361 e. The Morgan fingerprint density at radius 1 is 1.24 bits per heavy atom. The molecule has 3 heteroatoms. The average molecular weight is 284 g/mol. The van der Waals surface area contributed by atoms with Gasteiger partial charge in [-0.25, -0.2) is 0 Å². The Morgan fingerprint density at radius 3 is 2.67 bits per heavy atom. The molecule has 1 aliphatic carbocycles. The van der Waals surface area contributed by atoms with E-state index in [1.165, 1.54) is 12.8 Å². The Balaban J connectivity index is 1.80. The Hall–Kier alpha value is -1.77. The van der Waals surface area contributed by atoms with Crippen molar-refractivity contribution >= 4 is 16.8 Å². The molecular formula is C18H24N2O. The molecule has 3 nitrogen and oxygen atoms in total. The molecule has 1 N–H and O–H groups in total. The third-order valence-corrected chi connectivity index (χ3v) is 5.00. The molecule has 2 aromatic rings. The number of hydrogen-bond donors (Lipinski definition) is 1. The number of fused-ring (bicyclic) bond motifs is 1. The summed E-state index contributed by atoms with van der Waals surface area (Å²) in [6.45, 7) is 4.65. The number of hydrogen-bond acceptors (Lipinski definition) is 1. The fourth-order valence-electron chi connectivity index (χ4n) is 3.40. The summed E-state index contributed by atoms with van der Waals surface area (Å²) >= 11 is 0. The van der Waals surface area contributed by atoms with Gasteiger partial charge in [0.25, 0.3) is 5.91 Å². The van der Waals surface area contributed by atoms with Crippen LogP contribution in [0, 0.1) is 5.41 Å². The van der Waals surface area contributed by atoms with Gasteiger partial charge >= 0.3 is 0 Å². The topological polar surface area (TPSA) is 36.1 Å². The summed E-state index contributed by atoms with van der Waals surface area (Å²) in [5.74, 6) is 0.143. The lowest BCUT2D eigenvalue weighted by atomic mass is 9.75. The Kier molecular flexibility index (Phi) is 3.52. The minimum atomic E-state index is 0.143. The van der Waals surface area contributed by atoms with Crippen LogP contribution in [-0.2, 0) is 0 Å². The first-order valence-corrected chi connectivity index (χ1v) is 7.81. The van der Waals surface area contributed by atoms with Crippen molar-refractivity contribution in [2.24, 2.45) is 5.41 Å². The van der Waals surface area contributed by atoms with Crippen LogP contribution in [0.1, 0.15) is 49.9 Å². The van der Waals surface area contributed by atoms with Gasteiger partial charge in [0.1, 0.15) is 0 Å². The first kappa shape index (κ1) is 14.2. The molecule has 21 heavy (non-hydrogen) atoms. The summed E-state index contributed by atoms with van der Waals surface area (Å²) in [6, 6.07) is 8.25. The van der Waals surface area contributed by atoms with Crippen LogP contribution < -0.4 is 0 Å². The van der Waals surface area contributed by atoms with E-state index in [4.69, 9.17) is 0 Å². The number of nitrogens with one attached hydrogen (secondary N) is 1. The number of carbonyl (C=O) groups is 1. The Labute approximate surface area is 126 Å². The molecule has 1 saturated carbocycles. The van der Waals surface area contributed by atoms with Gasteiger partial charge in [0, 0.05) is 35.8 Å². The zero-order chi connectivity index (χ0) is 15.0. The van der Waals surface area contributed by atoms with Crippen LogP contribution in [0.25, 0.3) is 10.9 Å². The van der Waals surface area contributed by atoms with Crippen molar-refractivity contribution in [2.45, 2.75) is 45.6 Å². The van der Waals surface area contributed by atoms with Crippen LogP contribution in [0.3, 0.4) is 0 Å². The van der Waals surface area contributed by atoms with Crippen molar-refractivity contribution in [1.82, 2.24) is 9.88 Å². The van der Waals surface area contributed by atoms with Crippen LogP contribution in [0.5, 0.6) is 0 Å². The molecule has 1 aromatic carbocycles. The summed E-state index contributed by atoms with van der Waals surface area (Å²) in [7, 11) is 1.96. The van der Waals surface area contributed by atoms with Gasteiger partial charge in [-0.2, -0.15) is 0 Å². The molecule has 1 fully saturated rings. The molecule has 0 unspecified atom stereocenters. The molecule has 1 aliphatic rings. The van der Waals surface area contributed by atoms with Crippen molar-refractivity contribution < 1.29 is 4.79 Å². The Morgan fingerprint density at radius 2 is 1.95 bits per heavy atom. The molecule has 112 valence electrons. The van der Waals surface area contributed by atoms with Gasteiger partial charge in [0.05, 0.1) is 0 Å². The van der Waals surface area contributed by atoms with E-state index in [1.807, 2.05) is 42.4 Å². The Bertz CT molecular complexity index is 646. The van der Waals surface area contributed by atoms with E-state index in [-0.39, 0.29) is 5.91 Å². The maximum Gasteiger partial charge on any atom is 0.254 e. The zero-order valence-electron chi connectivity index (χ0n) is 13.1. The minimum Gasteiger partial charge on any atom is -0.361 e. The summed E-state index contributed by atoms with van der Waals surface area (Å²) in [6.07, 6.45) is 6.51. The number of benzene rings is 1. The van der Waals surface area contributed by atoms with Gasteiger partial charge in [-0.1, -0.05) is 19.9 Å². The molecular weight excluding hydrogens is 260 g/mol. The maximum absolute atomic E-state index is 12.8. The highest BCUT2D eigenvalue weighted by atomic mass is 16.2. The van der Waals surface area contributed by atoms with Crippen LogP contribution in [0.15, 0.2) is 30.5 Å². The average Bonchev–Trinajstić information content (AvgIpc) is 2.94. The third-order valence-electron chi connectivity index (χ3n) is 5.00. The van der Waals surface area contributed by atoms with Crippen LogP contribution in [0.4, 0.5) is 0 Å². The van der Waals surface area contributed by atoms with E-state index in [0.29, 0.717) is 11.5 Å². The molecule has 1 aromatic heterocycles. The van der Waals surface area contributed by atoms with Gasteiger partial charge in [0.2, 0.25) is 0 Å². The summed E-state index contributed by atoms with van der Waals surface area (Å²) in [5, 5.41) is 1.02. The minimum absolute atomic E-state index is 0.143. The second-order valence-corrected chi connectivity index (χ2v) is 7.06. The smallest absolute Gasteiger partial charge is 0.254 e. The van der Waals surface area contributed by atoms with E-state index in [2.05, 4.69) is 18.8 Å². The number of nitrogens with zero attached hydrogens (tertiary/aromatic N) is 1. The SMILES string of the molecule is CN(C(=O)c1cccc2[nH]ccc12)C1CCC(C)(C)CC1. The second-order valence-electron chi connectivity index (χ2n) is 7.06. The number of amides is 1. The van der Waals surface area contributed by atoms with Gasteiger partial charge < -0.3 is 9.88 Å². The van der Waals surface area contributed by atoms with E-state index in [1.54, 1.807) is 0 Å². The quantitative estimate of drug-likeness (QED) is 0.881. The number of H-pyrrole nitrogens is 1. The van der Waals surface area contributed by atoms with Crippen molar-refractivity contribution in [2.75, 3.05) is 7.05 Å². The van der Waals surface area contributed by atoms with E-state index < -0.39 is 0 Å². The fourth-order valence-corrected chi connectivity index (χ4v) is 3.40. The third kappa shape index (κ3) is 2.69. The fraction of sp³-hybridized carbons (Fsp3) is 0.500. The number of aromatic amines is 1. The second kappa shape index (κ2) is 5.21. The lowest BCUT2D eigenvalue weighted by Crippen LogP contribution is -2.40. The van der Waals surface area contributed by atoms with E-state index >= 15 is 0 Å². The molecule has 1 amide bonds. The highest BCUT2D eigenvalue weighted by molar-refractivity contribution is 6.06. The molecule has 1 heterocycles. The van der Waals surface area contributed by atoms with Gasteiger partial charge in [-0.3, -0.25) is 4.79 Å². The van der Waals surface area contributed by atoms with Crippen molar-refractivity contribution in [3.8, 4) is 0 Å². The molecule has 0 atom stereocenters. The van der Waals surface area contributed by atoms with E-state index in [9.17, 15) is 4.79 Å². The number of aromatic nitrogens is 1. The van der Waals surface area contributed by atoms with Crippen LogP contribution >= 0.6 is 0 Å². The molecule has 3 rings (SSSR count). The lowest BCUT2D eigenvalue weighted by Gasteiger charge is -2.38. The number of rotatable bonds is 2. The van der Waals surface area contributed by atoms with Crippen molar-refractivity contribution in [3.05, 3.63) is 36.0 Å². The first-order chi connectivity index (χ1) is 9.98. The van der Waals surface area contributed by atoms with Gasteiger partial charge in [-0.05, 0) is 49.3 Å². The van der Waals surface area contributed by atoms with Crippen molar-refractivity contribution in [1.29, 1.82) is 0 Å². The molecule has 0 spiro atoms.